The summed E-state index contributed by atoms with van der Waals surface area (Å²) in [4.78, 5) is 0. The summed E-state index contributed by atoms with van der Waals surface area (Å²) in [7, 11) is 0. The van der Waals surface area contributed by atoms with Crippen LogP contribution in [0, 0.1) is 0 Å². The summed E-state index contributed by atoms with van der Waals surface area (Å²) in [6.07, 6.45) is 15.1. The fraction of sp³-hybridized carbons (Fsp3) is 0.600. The standard InChI is InChI=1S/C20H30O2/c1-2-3-4-5-6-7-8-9-10-12-18-13-11-14-19(15-18)21-16-20-17-22-20/h5-6,11,13-15,20H,2-4,7-10,12,16-17H2,1H3/b6-5+. The molecule has 1 atom stereocenters. The van der Waals surface area contributed by atoms with Crippen LogP contribution in [0.25, 0.3) is 0 Å². The molecule has 1 aliphatic rings. The first-order chi connectivity index (χ1) is 10.9. The van der Waals surface area contributed by atoms with E-state index >= 15 is 0 Å². The smallest absolute Gasteiger partial charge is 0.119 e. The van der Waals surface area contributed by atoms with Crippen LogP contribution in [-0.4, -0.2) is 19.3 Å². The number of benzene rings is 1. The molecule has 1 aromatic carbocycles. The molecule has 0 radical (unpaired) electrons. The van der Waals surface area contributed by atoms with Crippen LogP contribution in [0.1, 0.15) is 57.4 Å². The van der Waals surface area contributed by atoms with Crippen molar-refractivity contribution in [2.45, 2.75) is 64.4 Å². The van der Waals surface area contributed by atoms with Crippen molar-refractivity contribution < 1.29 is 9.47 Å². The Hall–Kier alpha value is -1.28. The molecular formula is C20H30O2. The van der Waals surface area contributed by atoms with Crippen LogP contribution in [0.3, 0.4) is 0 Å². The van der Waals surface area contributed by atoms with E-state index in [0.717, 1.165) is 18.8 Å². The highest BCUT2D eigenvalue weighted by Crippen LogP contribution is 2.18. The lowest BCUT2D eigenvalue weighted by Gasteiger charge is -2.06. The SMILES string of the molecule is CCCC/C=C/CCCCCc1cccc(OCC2CO2)c1. The van der Waals surface area contributed by atoms with E-state index in [1.807, 2.05) is 6.07 Å². The number of unbranched alkanes of at least 4 members (excludes halogenated alkanes) is 5. The number of hydrogen-bond donors (Lipinski definition) is 0. The van der Waals surface area contributed by atoms with Gasteiger partial charge in [-0.15, -0.1) is 0 Å². The van der Waals surface area contributed by atoms with Gasteiger partial charge in [-0.25, -0.2) is 0 Å². The van der Waals surface area contributed by atoms with Crippen LogP contribution in [0.4, 0.5) is 0 Å². The molecular weight excluding hydrogens is 272 g/mol. The monoisotopic (exact) mass is 302 g/mol. The first-order valence-electron chi connectivity index (χ1n) is 8.87. The van der Waals surface area contributed by atoms with E-state index in [-0.39, 0.29) is 0 Å². The maximum atomic E-state index is 5.73. The molecule has 0 aliphatic carbocycles. The molecule has 0 bridgehead atoms. The summed E-state index contributed by atoms with van der Waals surface area (Å²) >= 11 is 0. The molecule has 1 unspecified atom stereocenters. The zero-order chi connectivity index (χ0) is 15.5. The number of epoxide rings is 1. The summed E-state index contributed by atoms with van der Waals surface area (Å²) < 4.78 is 10.9. The highest BCUT2D eigenvalue weighted by Gasteiger charge is 2.22. The molecule has 1 fully saturated rings. The maximum Gasteiger partial charge on any atom is 0.119 e. The van der Waals surface area contributed by atoms with E-state index in [1.54, 1.807) is 0 Å². The number of rotatable bonds is 12. The van der Waals surface area contributed by atoms with Gasteiger partial charge in [-0.2, -0.15) is 0 Å². The fourth-order valence-electron chi connectivity index (χ4n) is 2.47. The second-order valence-electron chi connectivity index (χ2n) is 6.13. The van der Waals surface area contributed by atoms with Crippen LogP contribution in [0.2, 0.25) is 0 Å². The van der Waals surface area contributed by atoms with E-state index in [1.165, 1.54) is 50.5 Å². The molecule has 2 rings (SSSR count). The second kappa shape index (κ2) is 10.4. The Morgan fingerprint density at radius 2 is 1.95 bits per heavy atom. The Morgan fingerprint density at radius 3 is 2.73 bits per heavy atom. The van der Waals surface area contributed by atoms with Gasteiger partial charge in [-0.3, -0.25) is 0 Å². The number of allylic oxidation sites excluding steroid dienone is 2. The Balaban J connectivity index is 1.54. The fourth-order valence-corrected chi connectivity index (χ4v) is 2.47. The van der Waals surface area contributed by atoms with Crippen molar-refractivity contribution in [2.24, 2.45) is 0 Å². The zero-order valence-electron chi connectivity index (χ0n) is 13.9. The van der Waals surface area contributed by atoms with E-state index in [0.29, 0.717) is 12.7 Å². The summed E-state index contributed by atoms with van der Waals surface area (Å²) in [5, 5.41) is 0. The minimum atomic E-state index is 0.328. The Labute approximate surface area is 135 Å². The van der Waals surface area contributed by atoms with E-state index in [9.17, 15) is 0 Å². The van der Waals surface area contributed by atoms with Crippen molar-refractivity contribution in [1.82, 2.24) is 0 Å². The molecule has 2 heteroatoms. The van der Waals surface area contributed by atoms with Gasteiger partial charge in [0.05, 0.1) is 6.61 Å². The van der Waals surface area contributed by atoms with Gasteiger partial charge in [0.15, 0.2) is 0 Å². The molecule has 1 aliphatic heterocycles. The third-order valence-electron chi connectivity index (χ3n) is 3.96. The van der Waals surface area contributed by atoms with E-state index < -0.39 is 0 Å². The molecule has 122 valence electrons. The quantitative estimate of drug-likeness (QED) is 0.296. The van der Waals surface area contributed by atoms with Crippen molar-refractivity contribution in [3.8, 4) is 5.75 Å². The first-order valence-corrected chi connectivity index (χ1v) is 8.87. The molecule has 1 heterocycles. The Bertz CT molecular complexity index is 435. The van der Waals surface area contributed by atoms with Crippen molar-refractivity contribution in [3.05, 3.63) is 42.0 Å². The molecule has 0 N–H and O–H groups in total. The summed E-state index contributed by atoms with van der Waals surface area (Å²) in [5.74, 6) is 0.979. The molecule has 1 saturated heterocycles. The van der Waals surface area contributed by atoms with Crippen molar-refractivity contribution in [3.63, 3.8) is 0 Å². The zero-order valence-corrected chi connectivity index (χ0v) is 13.9. The number of ether oxygens (including phenoxy) is 2. The van der Waals surface area contributed by atoms with Gasteiger partial charge in [0.2, 0.25) is 0 Å². The topological polar surface area (TPSA) is 21.8 Å². The summed E-state index contributed by atoms with van der Waals surface area (Å²) in [6.45, 7) is 3.79. The average molecular weight is 302 g/mol. The molecule has 0 amide bonds. The van der Waals surface area contributed by atoms with E-state index in [4.69, 9.17) is 9.47 Å². The van der Waals surface area contributed by atoms with Crippen LogP contribution in [0.5, 0.6) is 5.75 Å². The van der Waals surface area contributed by atoms with Crippen molar-refractivity contribution >= 4 is 0 Å². The molecule has 0 saturated carbocycles. The minimum absolute atomic E-state index is 0.328. The third kappa shape index (κ3) is 7.65. The average Bonchev–Trinajstić information content (AvgIpc) is 3.36. The van der Waals surface area contributed by atoms with Gasteiger partial charge in [0.1, 0.15) is 18.5 Å². The predicted octanol–water partition coefficient (Wildman–Crippen LogP) is 5.31. The molecule has 0 aromatic heterocycles. The summed E-state index contributed by atoms with van der Waals surface area (Å²) in [6, 6.07) is 8.50. The van der Waals surface area contributed by atoms with Gasteiger partial charge in [0.25, 0.3) is 0 Å². The summed E-state index contributed by atoms with van der Waals surface area (Å²) in [5.41, 5.74) is 1.38. The van der Waals surface area contributed by atoms with Crippen LogP contribution < -0.4 is 4.74 Å². The third-order valence-corrected chi connectivity index (χ3v) is 3.96. The van der Waals surface area contributed by atoms with Gasteiger partial charge in [-0.05, 0) is 49.8 Å². The Kier molecular flexibility index (Phi) is 8.11. The normalized spacial score (nSPS) is 17.0. The molecule has 0 spiro atoms. The second-order valence-corrected chi connectivity index (χ2v) is 6.13. The van der Waals surface area contributed by atoms with Crippen LogP contribution in [-0.2, 0) is 11.2 Å². The van der Waals surface area contributed by atoms with E-state index in [2.05, 4.69) is 37.3 Å². The van der Waals surface area contributed by atoms with Gasteiger partial charge < -0.3 is 9.47 Å². The van der Waals surface area contributed by atoms with Gasteiger partial charge in [0, 0.05) is 0 Å². The predicted molar refractivity (Wildman–Crippen MR) is 92.5 cm³/mol. The maximum absolute atomic E-state index is 5.73. The van der Waals surface area contributed by atoms with Crippen molar-refractivity contribution in [1.29, 1.82) is 0 Å². The van der Waals surface area contributed by atoms with Gasteiger partial charge >= 0.3 is 0 Å². The molecule has 22 heavy (non-hydrogen) atoms. The van der Waals surface area contributed by atoms with Crippen molar-refractivity contribution in [2.75, 3.05) is 13.2 Å². The lowest BCUT2D eigenvalue weighted by molar-refractivity contribution is 0.263. The lowest BCUT2D eigenvalue weighted by atomic mass is 10.1. The largest absolute Gasteiger partial charge is 0.491 e. The van der Waals surface area contributed by atoms with Crippen LogP contribution >= 0.6 is 0 Å². The minimum Gasteiger partial charge on any atom is -0.491 e. The highest BCUT2D eigenvalue weighted by molar-refractivity contribution is 5.28. The lowest BCUT2D eigenvalue weighted by Crippen LogP contribution is -2.04. The number of aryl methyl sites for hydroxylation is 1. The van der Waals surface area contributed by atoms with Gasteiger partial charge in [-0.1, -0.05) is 50.5 Å². The number of hydrogen-bond acceptors (Lipinski definition) is 2. The van der Waals surface area contributed by atoms with Crippen LogP contribution in [0.15, 0.2) is 36.4 Å². The molecule has 2 nitrogen and oxygen atoms in total. The first kappa shape index (κ1) is 17.1. The Morgan fingerprint density at radius 1 is 1.14 bits per heavy atom. The highest BCUT2D eigenvalue weighted by atomic mass is 16.6. The molecule has 1 aromatic rings.